The lowest BCUT2D eigenvalue weighted by atomic mass is 9.98. The van der Waals surface area contributed by atoms with Crippen LogP contribution in [0, 0.1) is 5.92 Å². The van der Waals surface area contributed by atoms with Crippen LogP contribution in [0.5, 0.6) is 11.5 Å². The second kappa shape index (κ2) is 13.4. The van der Waals surface area contributed by atoms with Crippen LogP contribution in [0.25, 0.3) is 0 Å². The summed E-state index contributed by atoms with van der Waals surface area (Å²) in [6, 6.07) is 17.1. The Bertz CT molecular complexity index is 1300. The lowest BCUT2D eigenvalue weighted by Gasteiger charge is -2.31. The highest BCUT2D eigenvalue weighted by molar-refractivity contribution is 7.89. The SMILES string of the molecule is O=C(Nc1ccc(S(=O)(=O)N2CCC(CNC[C@H](O)COc3ccc(O)cc3)CC2)cc1)Nc1ccccn1. The lowest BCUT2D eigenvalue weighted by Crippen LogP contribution is -2.42. The topological polar surface area (TPSA) is 153 Å². The minimum Gasteiger partial charge on any atom is -0.508 e. The first kappa shape index (κ1) is 28.3. The maximum Gasteiger partial charge on any atom is 0.324 e. The average Bonchev–Trinajstić information content (AvgIpc) is 2.94. The summed E-state index contributed by atoms with van der Waals surface area (Å²) in [6.07, 6.45) is 2.29. The van der Waals surface area contributed by atoms with Gasteiger partial charge in [-0.15, -0.1) is 0 Å². The Morgan fingerprint density at radius 3 is 2.41 bits per heavy atom. The number of phenols is 1. The largest absolute Gasteiger partial charge is 0.508 e. The fraction of sp³-hybridized carbons (Fsp3) is 0.333. The number of carbonyl (C=O) groups excluding carboxylic acids is 1. The number of nitrogens with one attached hydrogen (secondary N) is 3. The monoisotopic (exact) mass is 555 g/mol. The quantitative estimate of drug-likeness (QED) is 0.242. The third-order valence-electron chi connectivity index (χ3n) is 6.32. The van der Waals surface area contributed by atoms with Crippen molar-refractivity contribution in [1.82, 2.24) is 14.6 Å². The number of aromatic hydroxyl groups is 1. The summed E-state index contributed by atoms with van der Waals surface area (Å²) in [5, 5.41) is 28.0. The van der Waals surface area contributed by atoms with E-state index < -0.39 is 22.2 Å². The molecule has 1 aliphatic heterocycles. The number of hydrogen-bond donors (Lipinski definition) is 5. The van der Waals surface area contributed by atoms with Gasteiger partial charge in [-0.25, -0.2) is 18.2 Å². The molecular formula is C27H33N5O6S. The maximum absolute atomic E-state index is 13.1. The van der Waals surface area contributed by atoms with Gasteiger partial charge in [0.2, 0.25) is 10.0 Å². The number of piperidine rings is 1. The summed E-state index contributed by atoms with van der Waals surface area (Å²) >= 11 is 0. The third kappa shape index (κ3) is 8.39. The first-order chi connectivity index (χ1) is 18.8. The van der Waals surface area contributed by atoms with E-state index in [1.165, 1.54) is 28.6 Å². The molecule has 3 aromatic rings. The van der Waals surface area contributed by atoms with E-state index in [0.29, 0.717) is 62.2 Å². The van der Waals surface area contributed by atoms with Crippen LogP contribution in [0.3, 0.4) is 0 Å². The molecule has 1 aromatic heterocycles. The van der Waals surface area contributed by atoms with E-state index in [1.807, 2.05) is 0 Å². The van der Waals surface area contributed by atoms with Gasteiger partial charge in [0.05, 0.1) is 4.90 Å². The molecule has 5 N–H and O–H groups in total. The Labute approximate surface area is 227 Å². The van der Waals surface area contributed by atoms with Gasteiger partial charge in [-0.3, -0.25) is 5.32 Å². The molecule has 0 unspecified atom stereocenters. The number of amides is 2. The molecule has 0 bridgehead atoms. The Morgan fingerprint density at radius 2 is 1.74 bits per heavy atom. The summed E-state index contributed by atoms with van der Waals surface area (Å²) in [5.41, 5.74) is 0.461. The molecule has 39 heavy (non-hydrogen) atoms. The molecule has 208 valence electrons. The average molecular weight is 556 g/mol. The van der Waals surface area contributed by atoms with E-state index in [0.717, 1.165) is 0 Å². The van der Waals surface area contributed by atoms with Gasteiger partial charge in [0.25, 0.3) is 0 Å². The van der Waals surface area contributed by atoms with Crippen LogP contribution in [-0.2, 0) is 10.0 Å². The van der Waals surface area contributed by atoms with Crippen LogP contribution >= 0.6 is 0 Å². The van der Waals surface area contributed by atoms with Crippen LogP contribution < -0.4 is 20.7 Å². The first-order valence-corrected chi connectivity index (χ1v) is 14.1. The van der Waals surface area contributed by atoms with Crippen LogP contribution in [0.2, 0.25) is 0 Å². The minimum absolute atomic E-state index is 0.123. The van der Waals surface area contributed by atoms with Crippen molar-refractivity contribution in [2.45, 2.75) is 23.8 Å². The molecule has 0 saturated carbocycles. The molecule has 0 radical (unpaired) electrons. The van der Waals surface area contributed by atoms with Crippen molar-refractivity contribution in [2.24, 2.45) is 5.92 Å². The number of sulfonamides is 1. The van der Waals surface area contributed by atoms with E-state index >= 15 is 0 Å². The Morgan fingerprint density at radius 1 is 1.03 bits per heavy atom. The number of aliphatic hydroxyl groups is 1. The van der Waals surface area contributed by atoms with E-state index in [4.69, 9.17) is 4.74 Å². The zero-order chi connectivity index (χ0) is 27.7. The maximum atomic E-state index is 13.1. The summed E-state index contributed by atoms with van der Waals surface area (Å²) in [4.78, 5) is 16.3. The molecule has 1 saturated heterocycles. The minimum atomic E-state index is -3.65. The first-order valence-electron chi connectivity index (χ1n) is 12.7. The molecule has 1 aliphatic rings. The number of carbonyl (C=O) groups is 1. The van der Waals surface area contributed by atoms with Gasteiger partial charge in [-0.2, -0.15) is 4.31 Å². The van der Waals surface area contributed by atoms with Crippen molar-refractivity contribution in [1.29, 1.82) is 0 Å². The van der Waals surface area contributed by atoms with Gasteiger partial charge in [0, 0.05) is 31.5 Å². The van der Waals surface area contributed by atoms with Crippen molar-refractivity contribution in [2.75, 3.05) is 43.4 Å². The van der Waals surface area contributed by atoms with Gasteiger partial charge < -0.3 is 25.6 Å². The molecule has 2 amide bonds. The second-order valence-electron chi connectivity index (χ2n) is 9.28. The molecule has 12 heteroatoms. The van der Waals surface area contributed by atoms with Gasteiger partial charge in [-0.05, 0) is 86.0 Å². The standard InChI is InChI=1S/C27H33N5O6S/c33-22-6-8-24(9-7-22)38-19-23(34)18-28-17-20-12-15-32(16-13-20)39(36,37)25-10-4-21(5-11-25)30-27(35)31-26-3-1-2-14-29-26/h1-11,14,20,23,28,33-34H,12-13,15-19H2,(H2,29,30,31,35)/t23-/m0/s1. The van der Waals surface area contributed by atoms with Crippen molar-refractivity contribution in [3.63, 3.8) is 0 Å². The van der Waals surface area contributed by atoms with E-state index in [-0.39, 0.29) is 17.3 Å². The summed E-state index contributed by atoms with van der Waals surface area (Å²) in [7, 11) is -3.65. The lowest BCUT2D eigenvalue weighted by molar-refractivity contribution is 0.104. The van der Waals surface area contributed by atoms with Gasteiger partial charge in [-0.1, -0.05) is 6.07 Å². The molecule has 0 aliphatic carbocycles. The van der Waals surface area contributed by atoms with Crippen LogP contribution in [-0.4, -0.2) is 72.8 Å². The zero-order valence-electron chi connectivity index (χ0n) is 21.4. The fourth-order valence-electron chi connectivity index (χ4n) is 4.18. The van der Waals surface area contributed by atoms with Crippen molar-refractivity contribution in [3.05, 3.63) is 72.9 Å². The molecule has 2 aromatic carbocycles. The number of nitrogens with zero attached hydrogens (tertiary/aromatic N) is 2. The van der Waals surface area contributed by atoms with Gasteiger partial charge in [0.1, 0.15) is 30.0 Å². The number of benzene rings is 2. The summed E-state index contributed by atoms with van der Waals surface area (Å²) in [5.74, 6) is 1.42. The molecule has 2 heterocycles. The number of phenolic OH excluding ortho intramolecular Hbond substituents is 1. The molecule has 0 spiro atoms. The van der Waals surface area contributed by atoms with Crippen LogP contribution in [0.4, 0.5) is 16.3 Å². The number of anilines is 2. The van der Waals surface area contributed by atoms with Gasteiger partial charge >= 0.3 is 6.03 Å². The highest BCUT2D eigenvalue weighted by Gasteiger charge is 2.29. The Hall–Kier alpha value is -3.71. The number of aromatic nitrogens is 1. The summed E-state index contributed by atoms with van der Waals surface area (Å²) in [6.45, 7) is 1.97. The molecule has 4 rings (SSSR count). The van der Waals surface area contributed by atoms with Crippen LogP contribution in [0.15, 0.2) is 77.8 Å². The number of aliphatic hydroxyl groups excluding tert-OH is 1. The second-order valence-corrected chi connectivity index (χ2v) is 11.2. The molecular weight excluding hydrogens is 522 g/mol. The number of urea groups is 1. The number of hydrogen-bond acceptors (Lipinski definition) is 8. The number of ether oxygens (including phenoxy) is 1. The zero-order valence-corrected chi connectivity index (χ0v) is 22.2. The van der Waals surface area contributed by atoms with E-state index in [2.05, 4.69) is 20.9 Å². The van der Waals surface area contributed by atoms with E-state index in [9.17, 15) is 23.4 Å². The highest BCUT2D eigenvalue weighted by atomic mass is 32.2. The van der Waals surface area contributed by atoms with Gasteiger partial charge in [0.15, 0.2) is 0 Å². The predicted molar refractivity (Wildman–Crippen MR) is 147 cm³/mol. The fourth-order valence-corrected chi connectivity index (χ4v) is 5.65. The molecule has 11 nitrogen and oxygen atoms in total. The van der Waals surface area contributed by atoms with Crippen LogP contribution in [0.1, 0.15) is 12.8 Å². The summed E-state index contributed by atoms with van der Waals surface area (Å²) < 4.78 is 33.2. The number of pyridine rings is 1. The molecule has 1 atom stereocenters. The van der Waals surface area contributed by atoms with Crippen molar-refractivity contribution in [3.8, 4) is 11.5 Å². The highest BCUT2D eigenvalue weighted by Crippen LogP contribution is 2.24. The third-order valence-corrected chi connectivity index (χ3v) is 8.23. The number of rotatable bonds is 11. The Balaban J connectivity index is 1.17. The van der Waals surface area contributed by atoms with Crippen molar-refractivity contribution >= 4 is 27.6 Å². The normalized spacial score (nSPS) is 15.4. The van der Waals surface area contributed by atoms with Crippen molar-refractivity contribution < 1.29 is 28.2 Å². The molecule has 1 fully saturated rings. The van der Waals surface area contributed by atoms with E-state index in [1.54, 1.807) is 48.7 Å². The predicted octanol–water partition coefficient (Wildman–Crippen LogP) is 2.86. The Kier molecular flexibility index (Phi) is 9.71. The smallest absolute Gasteiger partial charge is 0.324 e.